The summed E-state index contributed by atoms with van der Waals surface area (Å²) >= 11 is 1.25. The number of hydrogen-bond acceptors (Lipinski definition) is 7. The Balaban J connectivity index is 1.49. The van der Waals surface area contributed by atoms with E-state index in [0.717, 1.165) is 36.8 Å². The van der Waals surface area contributed by atoms with Gasteiger partial charge >= 0.3 is 0 Å². The van der Waals surface area contributed by atoms with Gasteiger partial charge in [0.15, 0.2) is 5.82 Å². The molecule has 0 aliphatic carbocycles. The normalized spacial score (nSPS) is 13.3. The van der Waals surface area contributed by atoms with Gasteiger partial charge in [-0.15, -0.1) is 11.3 Å². The minimum Gasteiger partial charge on any atom is -0.355 e. The van der Waals surface area contributed by atoms with Gasteiger partial charge < -0.3 is 15.5 Å². The lowest BCUT2D eigenvalue weighted by atomic mass is 10.1. The summed E-state index contributed by atoms with van der Waals surface area (Å²) in [4.78, 5) is 40.2. The molecule has 10 heteroatoms. The van der Waals surface area contributed by atoms with Crippen LogP contribution in [-0.4, -0.2) is 39.9 Å². The molecule has 3 heterocycles. The van der Waals surface area contributed by atoms with E-state index in [0.29, 0.717) is 16.1 Å². The summed E-state index contributed by atoms with van der Waals surface area (Å²) in [6.07, 6.45) is 6.76. The Morgan fingerprint density at radius 1 is 1.00 bits per heavy atom. The Morgan fingerprint density at radius 2 is 1.77 bits per heavy atom. The smallest absolute Gasteiger partial charge is 0.267 e. The number of hydrogen-bond donors (Lipinski definition) is 2. The summed E-state index contributed by atoms with van der Waals surface area (Å²) in [7, 11) is 0. The molecule has 2 amide bonds. The van der Waals surface area contributed by atoms with Crippen LogP contribution in [0.4, 0.5) is 21.7 Å². The highest BCUT2D eigenvalue weighted by Crippen LogP contribution is 2.23. The Morgan fingerprint density at radius 3 is 2.42 bits per heavy atom. The number of rotatable bonds is 5. The highest BCUT2D eigenvalue weighted by atomic mass is 32.1. The number of nitrogens with zero attached hydrogens (tertiary/aromatic N) is 4. The molecule has 4 rings (SSSR count). The highest BCUT2D eigenvalue weighted by Gasteiger charge is 2.19. The van der Waals surface area contributed by atoms with Crippen molar-refractivity contribution in [3.8, 4) is 0 Å². The van der Waals surface area contributed by atoms with E-state index >= 15 is 0 Å². The molecule has 0 bridgehead atoms. The zero-order valence-electron chi connectivity index (χ0n) is 17.1. The standard InChI is InChI=1S/C21H21FN6O2S/c1-12-7-15(22)14(8-16(12)26-21(30)17-9-23-13(2)31-17)20(29)27-18-10-25-19(11-24-18)28-5-3-4-6-28/h7-11H,3-6H2,1-2H3,(H,26,30)(H,24,27,29). The van der Waals surface area contributed by atoms with Crippen molar-refractivity contribution in [2.75, 3.05) is 28.6 Å². The van der Waals surface area contributed by atoms with E-state index in [1.807, 2.05) is 0 Å². The van der Waals surface area contributed by atoms with Gasteiger partial charge in [-0.3, -0.25) is 9.59 Å². The molecule has 1 aromatic carbocycles. The first-order valence-corrected chi connectivity index (χ1v) is 10.6. The van der Waals surface area contributed by atoms with E-state index in [1.165, 1.54) is 35.9 Å². The second-order valence-electron chi connectivity index (χ2n) is 7.25. The van der Waals surface area contributed by atoms with Crippen molar-refractivity contribution in [3.63, 3.8) is 0 Å². The van der Waals surface area contributed by atoms with Gasteiger partial charge in [-0.2, -0.15) is 0 Å². The lowest BCUT2D eigenvalue weighted by Gasteiger charge is -2.16. The van der Waals surface area contributed by atoms with E-state index in [9.17, 15) is 14.0 Å². The fourth-order valence-electron chi connectivity index (χ4n) is 3.31. The molecule has 0 saturated carbocycles. The second-order valence-corrected chi connectivity index (χ2v) is 8.49. The third kappa shape index (κ3) is 4.69. The van der Waals surface area contributed by atoms with E-state index < -0.39 is 11.7 Å². The fourth-order valence-corrected chi connectivity index (χ4v) is 3.98. The van der Waals surface area contributed by atoms with Crippen molar-refractivity contribution >= 4 is 40.5 Å². The number of thiazole rings is 1. The van der Waals surface area contributed by atoms with Crippen LogP contribution >= 0.6 is 11.3 Å². The van der Waals surface area contributed by atoms with Gasteiger partial charge in [0.25, 0.3) is 11.8 Å². The minimum absolute atomic E-state index is 0.202. The Bertz CT molecular complexity index is 1130. The van der Waals surface area contributed by atoms with Crippen LogP contribution in [-0.2, 0) is 0 Å². The molecule has 8 nitrogen and oxygen atoms in total. The molecule has 1 aliphatic rings. The SMILES string of the molecule is Cc1ncc(C(=O)Nc2cc(C(=O)Nc3cnc(N4CCCC4)cn3)c(F)cc2C)s1. The zero-order chi connectivity index (χ0) is 22.0. The highest BCUT2D eigenvalue weighted by molar-refractivity contribution is 7.13. The average Bonchev–Trinajstić information content (AvgIpc) is 3.42. The van der Waals surface area contributed by atoms with Gasteiger partial charge in [-0.25, -0.2) is 19.3 Å². The molecule has 0 atom stereocenters. The fraction of sp³-hybridized carbons (Fsp3) is 0.286. The summed E-state index contributed by atoms with van der Waals surface area (Å²) < 4.78 is 14.5. The molecular weight excluding hydrogens is 419 g/mol. The molecule has 160 valence electrons. The summed E-state index contributed by atoms with van der Waals surface area (Å²) in [5.41, 5.74) is 0.642. The second kappa shape index (κ2) is 8.76. The van der Waals surface area contributed by atoms with Gasteiger partial charge in [0, 0.05) is 18.8 Å². The average molecular weight is 441 g/mol. The van der Waals surface area contributed by atoms with Crippen LogP contribution in [0.15, 0.2) is 30.7 Å². The van der Waals surface area contributed by atoms with Crippen LogP contribution in [0, 0.1) is 19.7 Å². The van der Waals surface area contributed by atoms with Crippen molar-refractivity contribution < 1.29 is 14.0 Å². The number of benzene rings is 1. The number of amides is 2. The Kier molecular flexibility index (Phi) is 5.90. The van der Waals surface area contributed by atoms with Crippen LogP contribution < -0.4 is 15.5 Å². The van der Waals surface area contributed by atoms with Crippen molar-refractivity contribution in [2.45, 2.75) is 26.7 Å². The van der Waals surface area contributed by atoms with E-state index in [4.69, 9.17) is 0 Å². The van der Waals surface area contributed by atoms with Crippen LogP contribution in [0.1, 0.15) is 43.4 Å². The maximum atomic E-state index is 14.5. The first kappa shape index (κ1) is 20.9. The minimum atomic E-state index is -0.691. The van der Waals surface area contributed by atoms with Crippen molar-refractivity contribution in [3.05, 3.63) is 57.6 Å². The lowest BCUT2D eigenvalue weighted by Crippen LogP contribution is -2.20. The molecule has 1 aliphatic heterocycles. The number of carbonyl (C=O) groups is 2. The van der Waals surface area contributed by atoms with Crippen LogP contribution in [0.25, 0.3) is 0 Å². The molecule has 1 saturated heterocycles. The molecule has 0 unspecified atom stereocenters. The molecule has 0 spiro atoms. The maximum Gasteiger partial charge on any atom is 0.267 e. The maximum absolute atomic E-state index is 14.5. The van der Waals surface area contributed by atoms with Crippen LogP contribution in [0.2, 0.25) is 0 Å². The lowest BCUT2D eigenvalue weighted by molar-refractivity contribution is 0.101. The summed E-state index contributed by atoms with van der Waals surface area (Å²) in [5, 5.41) is 6.04. The number of carbonyl (C=O) groups excluding carboxylic acids is 2. The van der Waals surface area contributed by atoms with Crippen molar-refractivity contribution in [2.24, 2.45) is 0 Å². The van der Waals surface area contributed by atoms with Gasteiger partial charge in [-0.1, -0.05) is 0 Å². The predicted octanol–water partition coefficient (Wildman–Crippen LogP) is 3.79. The molecule has 1 fully saturated rings. The first-order chi connectivity index (χ1) is 14.9. The van der Waals surface area contributed by atoms with Crippen LogP contribution in [0.3, 0.4) is 0 Å². The van der Waals surface area contributed by atoms with E-state index in [2.05, 4.69) is 30.5 Å². The van der Waals surface area contributed by atoms with E-state index in [-0.39, 0.29) is 17.3 Å². The number of aromatic nitrogens is 3. The molecule has 2 N–H and O–H groups in total. The Hall–Kier alpha value is -3.40. The monoisotopic (exact) mass is 440 g/mol. The number of anilines is 3. The third-order valence-electron chi connectivity index (χ3n) is 4.96. The van der Waals surface area contributed by atoms with E-state index in [1.54, 1.807) is 20.0 Å². The number of aryl methyl sites for hydroxylation is 2. The topological polar surface area (TPSA) is 100 Å². The summed E-state index contributed by atoms with van der Waals surface area (Å²) in [6.45, 7) is 5.32. The molecule has 0 radical (unpaired) electrons. The van der Waals surface area contributed by atoms with Crippen LogP contribution in [0.5, 0.6) is 0 Å². The predicted molar refractivity (Wildman–Crippen MR) is 117 cm³/mol. The largest absolute Gasteiger partial charge is 0.355 e. The van der Waals surface area contributed by atoms with Gasteiger partial charge in [-0.05, 0) is 44.4 Å². The zero-order valence-corrected chi connectivity index (χ0v) is 17.9. The molecule has 2 aromatic heterocycles. The molecular formula is C21H21FN6O2S. The Labute approximate surface area is 182 Å². The van der Waals surface area contributed by atoms with Crippen molar-refractivity contribution in [1.29, 1.82) is 0 Å². The third-order valence-corrected chi connectivity index (χ3v) is 5.87. The molecule has 3 aromatic rings. The molecule has 31 heavy (non-hydrogen) atoms. The summed E-state index contributed by atoms with van der Waals surface area (Å²) in [5.74, 6) is -0.762. The quantitative estimate of drug-likeness (QED) is 0.626. The van der Waals surface area contributed by atoms with Crippen molar-refractivity contribution in [1.82, 2.24) is 15.0 Å². The number of halogens is 1. The van der Waals surface area contributed by atoms with Gasteiger partial charge in [0.2, 0.25) is 0 Å². The first-order valence-electron chi connectivity index (χ1n) is 9.83. The summed E-state index contributed by atoms with van der Waals surface area (Å²) in [6, 6.07) is 2.53. The van der Waals surface area contributed by atoms with Gasteiger partial charge in [0.1, 0.15) is 16.5 Å². The number of nitrogens with one attached hydrogen (secondary N) is 2. The van der Waals surface area contributed by atoms with Gasteiger partial charge in [0.05, 0.1) is 29.2 Å².